The zero-order valence-electron chi connectivity index (χ0n) is 8.06. The van der Waals surface area contributed by atoms with E-state index in [4.69, 9.17) is 0 Å². The molecular weight excluding hydrogens is 212 g/mol. The van der Waals surface area contributed by atoms with Crippen LogP contribution in [-0.4, -0.2) is 12.5 Å². The molecule has 1 aliphatic carbocycles. The summed E-state index contributed by atoms with van der Waals surface area (Å²) in [6.07, 6.45) is -2.48. The predicted octanol–water partition coefficient (Wildman–Crippen LogP) is 3.41. The maximum Gasteiger partial charge on any atom is 0.412 e. The second kappa shape index (κ2) is 4.77. The van der Waals surface area contributed by atoms with E-state index >= 15 is 0 Å². The Morgan fingerprint density at radius 2 is 1.67 bits per heavy atom. The summed E-state index contributed by atoms with van der Waals surface area (Å²) in [5, 5.41) is 0. The molecule has 0 heterocycles. The van der Waals surface area contributed by atoms with E-state index in [-0.39, 0.29) is 12.0 Å². The van der Waals surface area contributed by atoms with Crippen LogP contribution in [0.3, 0.4) is 0 Å². The lowest BCUT2D eigenvalue weighted by Crippen LogP contribution is -2.17. The molecule has 1 rings (SSSR count). The molecule has 0 N–H and O–H groups in total. The molecule has 0 spiro atoms. The minimum atomic E-state index is -4.59. The maximum atomic E-state index is 13.1. The molecule has 1 fully saturated rings. The number of halogens is 4. The van der Waals surface area contributed by atoms with E-state index in [1.165, 1.54) is 0 Å². The van der Waals surface area contributed by atoms with Crippen molar-refractivity contribution >= 4 is 6.29 Å². The van der Waals surface area contributed by atoms with Gasteiger partial charge in [-0.05, 0) is 25.7 Å². The number of hydrogen-bond acceptors (Lipinski definition) is 1. The molecule has 1 nitrogen and oxygen atoms in total. The van der Waals surface area contributed by atoms with Crippen molar-refractivity contribution in [3.8, 4) is 0 Å². The summed E-state index contributed by atoms with van der Waals surface area (Å²) in [6.45, 7) is 0. The Kier molecular flexibility index (Phi) is 3.88. The van der Waals surface area contributed by atoms with Crippen LogP contribution < -0.4 is 0 Å². The van der Waals surface area contributed by atoms with Gasteiger partial charge in [-0.2, -0.15) is 13.2 Å². The molecule has 0 aromatic heterocycles. The highest BCUT2D eigenvalue weighted by Gasteiger charge is 2.30. The number of aldehydes is 1. The van der Waals surface area contributed by atoms with Crippen LogP contribution in [-0.2, 0) is 4.79 Å². The average molecular weight is 224 g/mol. The summed E-state index contributed by atoms with van der Waals surface area (Å²) in [4.78, 5) is 10.4. The standard InChI is InChI=1S/C10H12F4O/c11-9(5-10(12,13)14)8-3-1-7(6-15)2-4-8/h5-8H,1-4H2/b9-5-. The Labute approximate surface area is 85.2 Å². The van der Waals surface area contributed by atoms with E-state index in [9.17, 15) is 22.4 Å². The summed E-state index contributed by atoms with van der Waals surface area (Å²) in [5.41, 5.74) is 0. The van der Waals surface area contributed by atoms with Gasteiger partial charge in [0.1, 0.15) is 12.1 Å². The highest BCUT2D eigenvalue weighted by atomic mass is 19.4. The van der Waals surface area contributed by atoms with Crippen molar-refractivity contribution < 1.29 is 22.4 Å². The van der Waals surface area contributed by atoms with Crippen LogP contribution in [0.4, 0.5) is 17.6 Å². The summed E-state index contributed by atoms with van der Waals surface area (Å²) in [7, 11) is 0. The monoisotopic (exact) mass is 224 g/mol. The fourth-order valence-electron chi connectivity index (χ4n) is 1.81. The first-order chi connectivity index (χ1) is 6.92. The molecule has 1 saturated carbocycles. The van der Waals surface area contributed by atoms with Crippen LogP contribution in [0.2, 0.25) is 0 Å². The largest absolute Gasteiger partial charge is 0.412 e. The lowest BCUT2D eigenvalue weighted by molar-refractivity contribution is -0.112. The summed E-state index contributed by atoms with van der Waals surface area (Å²) < 4.78 is 48.6. The van der Waals surface area contributed by atoms with Gasteiger partial charge < -0.3 is 4.79 Å². The first-order valence-corrected chi connectivity index (χ1v) is 4.82. The van der Waals surface area contributed by atoms with Crippen molar-refractivity contribution in [2.24, 2.45) is 11.8 Å². The van der Waals surface area contributed by atoms with E-state index in [1.807, 2.05) is 0 Å². The Hall–Kier alpha value is -0.870. The molecule has 0 bridgehead atoms. The van der Waals surface area contributed by atoms with Crippen molar-refractivity contribution in [3.05, 3.63) is 11.9 Å². The van der Waals surface area contributed by atoms with E-state index in [0.29, 0.717) is 25.7 Å². The Morgan fingerprint density at radius 1 is 1.13 bits per heavy atom. The molecule has 1 aliphatic rings. The summed E-state index contributed by atoms with van der Waals surface area (Å²) >= 11 is 0. The number of hydrogen-bond donors (Lipinski definition) is 0. The maximum absolute atomic E-state index is 13.1. The van der Waals surface area contributed by atoms with Gasteiger partial charge in [-0.3, -0.25) is 0 Å². The second-order valence-electron chi connectivity index (χ2n) is 3.82. The summed E-state index contributed by atoms with van der Waals surface area (Å²) in [5.74, 6) is -1.88. The molecule has 0 aliphatic heterocycles. The van der Waals surface area contributed by atoms with Crippen LogP contribution in [0.25, 0.3) is 0 Å². The molecule has 5 heteroatoms. The van der Waals surface area contributed by atoms with Crippen LogP contribution in [0, 0.1) is 11.8 Å². The fourth-order valence-corrected chi connectivity index (χ4v) is 1.81. The van der Waals surface area contributed by atoms with Crippen molar-refractivity contribution in [3.63, 3.8) is 0 Å². The Morgan fingerprint density at radius 3 is 2.07 bits per heavy atom. The first kappa shape index (κ1) is 12.2. The zero-order chi connectivity index (χ0) is 11.5. The normalized spacial score (nSPS) is 28.9. The van der Waals surface area contributed by atoms with E-state index in [2.05, 4.69) is 0 Å². The first-order valence-electron chi connectivity index (χ1n) is 4.82. The Balaban J connectivity index is 2.53. The third-order valence-electron chi connectivity index (χ3n) is 2.66. The van der Waals surface area contributed by atoms with Gasteiger partial charge in [-0.1, -0.05) is 0 Å². The topological polar surface area (TPSA) is 17.1 Å². The van der Waals surface area contributed by atoms with Gasteiger partial charge >= 0.3 is 6.18 Å². The zero-order valence-corrected chi connectivity index (χ0v) is 8.06. The van der Waals surface area contributed by atoms with Crippen LogP contribution >= 0.6 is 0 Å². The second-order valence-corrected chi connectivity index (χ2v) is 3.82. The molecule has 0 unspecified atom stereocenters. The van der Waals surface area contributed by atoms with Gasteiger partial charge in [-0.25, -0.2) is 4.39 Å². The molecule has 0 aromatic carbocycles. The molecule has 0 amide bonds. The lowest BCUT2D eigenvalue weighted by Gasteiger charge is -2.24. The number of rotatable bonds is 2. The highest BCUT2D eigenvalue weighted by molar-refractivity contribution is 5.53. The van der Waals surface area contributed by atoms with E-state index in [0.717, 1.165) is 6.29 Å². The third-order valence-corrected chi connectivity index (χ3v) is 2.66. The van der Waals surface area contributed by atoms with Gasteiger partial charge in [0.15, 0.2) is 0 Å². The number of alkyl halides is 3. The molecular formula is C10H12F4O. The third kappa shape index (κ3) is 4.01. The van der Waals surface area contributed by atoms with Crippen LogP contribution in [0.15, 0.2) is 11.9 Å². The molecule has 0 aromatic rings. The Bertz CT molecular complexity index is 249. The van der Waals surface area contributed by atoms with Crippen molar-refractivity contribution in [1.29, 1.82) is 0 Å². The quantitative estimate of drug-likeness (QED) is 0.519. The number of carbonyl (C=O) groups excluding carboxylic acids is 1. The van der Waals surface area contributed by atoms with E-state index in [1.54, 1.807) is 0 Å². The summed E-state index contributed by atoms with van der Waals surface area (Å²) in [6, 6.07) is 0. The van der Waals surface area contributed by atoms with Crippen molar-refractivity contribution in [1.82, 2.24) is 0 Å². The molecule has 86 valence electrons. The fraction of sp³-hybridized carbons (Fsp3) is 0.700. The molecule has 0 radical (unpaired) electrons. The van der Waals surface area contributed by atoms with Gasteiger partial charge in [-0.15, -0.1) is 0 Å². The molecule has 0 saturated heterocycles. The minimum Gasteiger partial charge on any atom is -0.303 e. The molecule has 0 atom stereocenters. The lowest BCUT2D eigenvalue weighted by atomic mass is 9.82. The number of allylic oxidation sites excluding steroid dienone is 2. The van der Waals surface area contributed by atoms with E-state index < -0.39 is 17.9 Å². The minimum absolute atomic E-state index is 0.111. The highest BCUT2D eigenvalue weighted by Crippen LogP contribution is 2.34. The SMILES string of the molecule is O=CC1CCC(/C(F)=C/C(F)(F)F)CC1. The van der Waals surface area contributed by atoms with Crippen LogP contribution in [0.1, 0.15) is 25.7 Å². The smallest absolute Gasteiger partial charge is 0.303 e. The van der Waals surface area contributed by atoms with Crippen molar-refractivity contribution in [2.45, 2.75) is 31.9 Å². The predicted molar refractivity (Wildman–Crippen MR) is 46.8 cm³/mol. The molecule has 15 heavy (non-hydrogen) atoms. The average Bonchev–Trinajstić information content (AvgIpc) is 2.15. The number of carbonyl (C=O) groups is 1. The van der Waals surface area contributed by atoms with Gasteiger partial charge in [0, 0.05) is 11.8 Å². The van der Waals surface area contributed by atoms with Crippen LogP contribution in [0.5, 0.6) is 0 Å². The van der Waals surface area contributed by atoms with Crippen molar-refractivity contribution in [2.75, 3.05) is 0 Å². The van der Waals surface area contributed by atoms with Gasteiger partial charge in [0.05, 0.1) is 6.08 Å². The van der Waals surface area contributed by atoms with Gasteiger partial charge in [0.2, 0.25) is 0 Å². The van der Waals surface area contributed by atoms with Gasteiger partial charge in [0.25, 0.3) is 0 Å².